The van der Waals surface area contributed by atoms with Gasteiger partial charge in [-0.05, 0) is 19.7 Å². The molecule has 0 radical (unpaired) electrons. The lowest BCUT2D eigenvalue weighted by atomic mass is 10.0. The van der Waals surface area contributed by atoms with Crippen LogP contribution in [0.1, 0.15) is 19.4 Å². The lowest BCUT2D eigenvalue weighted by Gasteiger charge is -2.23. The lowest BCUT2D eigenvalue weighted by molar-refractivity contribution is -0.124. The largest absolute Gasteiger partial charge is 0.351 e. The second kappa shape index (κ2) is 7.75. The molecule has 0 aliphatic carbocycles. The number of nitrogens with zero attached hydrogens (tertiary/aromatic N) is 2. The van der Waals surface area contributed by atoms with Crippen molar-refractivity contribution >= 4 is 5.91 Å². The van der Waals surface area contributed by atoms with Gasteiger partial charge in [0, 0.05) is 44.1 Å². The molecule has 0 aromatic heterocycles. The minimum Gasteiger partial charge on any atom is -0.351 e. The molecule has 1 aliphatic heterocycles. The summed E-state index contributed by atoms with van der Waals surface area (Å²) in [7, 11) is 4.20. The number of carbonyl (C=O) groups is 1. The average Bonchev–Trinajstić information content (AvgIpc) is 2.80. The highest BCUT2D eigenvalue weighted by atomic mass is 16.1. The summed E-state index contributed by atoms with van der Waals surface area (Å²) < 4.78 is 0. The van der Waals surface area contributed by atoms with E-state index < -0.39 is 0 Å². The van der Waals surface area contributed by atoms with Crippen LogP contribution in [0.4, 0.5) is 0 Å². The fourth-order valence-electron chi connectivity index (χ4n) is 3.10. The topological polar surface area (TPSA) is 35.6 Å². The SMILES string of the molecule is CC(C)C(=O)N[C@@H]1CN(Cc2ccccc2)C[C@H]1CN(C)C. The maximum absolute atomic E-state index is 12.1. The monoisotopic (exact) mass is 303 g/mol. The summed E-state index contributed by atoms with van der Waals surface area (Å²) >= 11 is 0. The van der Waals surface area contributed by atoms with Crippen LogP contribution in [0, 0.1) is 11.8 Å². The Bertz CT molecular complexity index is 472. The highest BCUT2D eigenvalue weighted by molar-refractivity contribution is 5.78. The van der Waals surface area contributed by atoms with Gasteiger partial charge in [-0.2, -0.15) is 0 Å². The molecule has 0 saturated carbocycles. The molecule has 0 spiro atoms. The first-order valence-electron chi connectivity index (χ1n) is 8.17. The van der Waals surface area contributed by atoms with Crippen molar-refractivity contribution in [2.45, 2.75) is 26.4 Å². The molecule has 122 valence electrons. The van der Waals surface area contributed by atoms with E-state index in [1.54, 1.807) is 0 Å². The van der Waals surface area contributed by atoms with Gasteiger partial charge in [-0.1, -0.05) is 44.2 Å². The Morgan fingerprint density at radius 2 is 1.95 bits per heavy atom. The summed E-state index contributed by atoms with van der Waals surface area (Å²) in [5.41, 5.74) is 1.34. The molecule has 1 heterocycles. The summed E-state index contributed by atoms with van der Waals surface area (Å²) in [5, 5.41) is 3.24. The van der Waals surface area contributed by atoms with E-state index in [4.69, 9.17) is 0 Å². The molecule has 1 aromatic carbocycles. The zero-order chi connectivity index (χ0) is 16.1. The molecule has 4 heteroatoms. The molecular weight excluding hydrogens is 274 g/mol. The van der Waals surface area contributed by atoms with Crippen molar-refractivity contribution in [2.75, 3.05) is 33.7 Å². The first-order valence-corrected chi connectivity index (χ1v) is 8.17. The molecule has 1 saturated heterocycles. The summed E-state index contributed by atoms with van der Waals surface area (Å²) in [6.45, 7) is 7.84. The predicted octanol–water partition coefficient (Wildman–Crippen LogP) is 1.82. The zero-order valence-corrected chi connectivity index (χ0v) is 14.2. The van der Waals surface area contributed by atoms with Crippen molar-refractivity contribution in [1.82, 2.24) is 15.1 Å². The Labute approximate surface area is 134 Å². The van der Waals surface area contributed by atoms with Crippen LogP contribution in [0.25, 0.3) is 0 Å². The summed E-state index contributed by atoms with van der Waals surface area (Å²) in [6.07, 6.45) is 0. The molecule has 0 bridgehead atoms. The van der Waals surface area contributed by atoms with Gasteiger partial charge in [0.15, 0.2) is 0 Å². The van der Waals surface area contributed by atoms with Crippen LogP contribution in [-0.2, 0) is 11.3 Å². The van der Waals surface area contributed by atoms with Crippen LogP contribution in [0.5, 0.6) is 0 Å². The van der Waals surface area contributed by atoms with Gasteiger partial charge >= 0.3 is 0 Å². The number of likely N-dealkylation sites (tertiary alicyclic amines) is 1. The van der Waals surface area contributed by atoms with E-state index in [1.807, 2.05) is 19.9 Å². The molecule has 4 nitrogen and oxygen atoms in total. The Hall–Kier alpha value is -1.39. The number of amides is 1. The van der Waals surface area contributed by atoms with Gasteiger partial charge in [-0.25, -0.2) is 0 Å². The maximum atomic E-state index is 12.1. The fraction of sp³-hybridized carbons (Fsp3) is 0.611. The van der Waals surface area contributed by atoms with Gasteiger partial charge < -0.3 is 10.2 Å². The van der Waals surface area contributed by atoms with Crippen molar-refractivity contribution < 1.29 is 4.79 Å². The van der Waals surface area contributed by atoms with Crippen LogP contribution in [-0.4, -0.2) is 55.5 Å². The smallest absolute Gasteiger partial charge is 0.222 e. The van der Waals surface area contributed by atoms with E-state index in [-0.39, 0.29) is 17.9 Å². The summed E-state index contributed by atoms with van der Waals surface area (Å²) in [5.74, 6) is 0.694. The van der Waals surface area contributed by atoms with Crippen molar-refractivity contribution in [3.63, 3.8) is 0 Å². The number of nitrogens with one attached hydrogen (secondary N) is 1. The summed E-state index contributed by atoms with van der Waals surface area (Å²) in [6, 6.07) is 10.8. The Kier molecular flexibility index (Phi) is 5.98. The summed E-state index contributed by atoms with van der Waals surface area (Å²) in [4.78, 5) is 16.7. The average molecular weight is 303 g/mol. The molecule has 1 aliphatic rings. The van der Waals surface area contributed by atoms with Crippen LogP contribution < -0.4 is 5.32 Å². The van der Waals surface area contributed by atoms with E-state index >= 15 is 0 Å². The van der Waals surface area contributed by atoms with Gasteiger partial charge in [0.25, 0.3) is 0 Å². The highest BCUT2D eigenvalue weighted by Crippen LogP contribution is 2.20. The normalized spacial score (nSPS) is 22.5. The second-order valence-corrected chi connectivity index (χ2v) is 6.97. The van der Waals surface area contributed by atoms with Crippen LogP contribution >= 0.6 is 0 Å². The third kappa shape index (κ3) is 4.82. The Morgan fingerprint density at radius 3 is 2.55 bits per heavy atom. The molecular formula is C18H29N3O. The van der Waals surface area contributed by atoms with E-state index in [2.05, 4.69) is 53.5 Å². The van der Waals surface area contributed by atoms with E-state index in [1.165, 1.54) is 5.56 Å². The third-order valence-corrected chi connectivity index (χ3v) is 4.22. The zero-order valence-electron chi connectivity index (χ0n) is 14.2. The highest BCUT2D eigenvalue weighted by Gasteiger charge is 2.34. The fourth-order valence-corrected chi connectivity index (χ4v) is 3.10. The number of benzene rings is 1. The molecule has 1 amide bonds. The van der Waals surface area contributed by atoms with Crippen molar-refractivity contribution in [2.24, 2.45) is 11.8 Å². The first-order chi connectivity index (χ1) is 10.5. The van der Waals surface area contributed by atoms with Crippen molar-refractivity contribution in [3.8, 4) is 0 Å². The standard InChI is InChI=1S/C18H29N3O/c1-14(2)18(22)19-17-13-21(12-16(17)11-20(3)4)10-15-8-6-5-7-9-15/h5-9,14,16-17H,10-13H2,1-4H3,(H,19,22)/t16-,17-/m1/s1. The third-order valence-electron chi connectivity index (χ3n) is 4.22. The molecule has 22 heavy (non-hydrogen) atoms. The molecule has 1 fully saturated rings. The first kappa shape index (κ1) is 17.0. The maximum Gasteiger partial charge on any atom is 0.222 e. The van der Waals surface area contributed by atoms with Gasteiger partial charge in [0.2, 0.25) is 5.91 Å². The van der Waals surface area contributed by atoms with Crippen LogP contribution in [0.3, 0.4) is 0 Å². The lowest BCUT2D eigenvalue weighted by Crippen LogP contribution is -2.44. The van der Waals surface area contributed by atoms with Crippen molar-refractivity contribution in [1.29, 1.82) is 0 Å². The minimum absolute atomic E-state index is 0.0446. The van der Waals surface area contributed by atoms with Crippen LogP contribution in [0.2, 0.25) is 0 Å². The van der Waals surface area contributed by atoms with E-state index in [0.29, 0.717) is 5.92 Å². The predicted molar refractivity (Wildman–Crippen MR) is 90.5 cm³/mol. The molecule has 1 N–H and O–H groups in total. The van der Waals surface area contributed by atoms with E-state index in [0.717, 1.165) is 26.2 Å². The van der Waals surface area contributed by atoms with Gasteiger partial charge in [0.05, 0.1) is 0 Å². The molecule has 2 atom stereocenters. The van der Waals surface area contributed by atoms with Gasteiger partial charge in [-0.3, -0.25) is 9.69 Å². The Balaban J connectivity index is 1.99. The molecule has 0 unspecified atom stereocenters. The van der Waals surface area contributed by atoms with Gasteiger partial charge in [-0.15, -0.1) is 0 Å². The van der Waals surface area contributed by atoms with Gasteiger partial charge in [0.1, 0.15) is 0 Å². The van der Waals surface area contributed by atoms with Crippen molar-refractivity contribution in [3.05, 3.63) is 35.9 Å². The minimum atomic E-state index is 0.0446. The van der Waals surface area contributed by atoms with E-state index in [9.17, 15) is 4.79 Å². The number of rotatable bonds is 6. The number of hydrogen-bond acceptors (Lipinski definition) is 3. The number of hydrogen-bond donors (Lipinski definition) is 1. The van der Waals surface area contributed by atoms with Crippen LogP contribution in [0.15, 0.2) is 30.3 Å². The molecule has 2 rings (SSSR count). The second-order valence-electron chi connectivity index (χ2n) is 6.97. The number of carbonyl (C=O) groups excluding carboxylic acids is 1. The quantitative estimate of drug-likeness (QED) is 0.871. The Morgan fingerprint density at radius 1 is 1.27 bits per heavy atom. The molecule has 1 aromatic rings.